The second-order valence-electron chi connectivity index (χ2n) is 5.87. The van der Waals surface area contributed by atoms with Gasteiger partial charge >= 0.3 is 5.97 Å². The molecular formula is C17H19NO3S. The van der Waals surface area contributed by atoms with E-state index in [2.05, 4.69) is 6.58 Å². The molecule has 1 aliphatic carbocycles. The van der Waals surface area contributed by atoms with E-state index < -0.39 is 4.75 Å². The zero-order valence-corrected chi connectivity index (χ0v) is 13.6. The van der Waals surface area contributed by atoms with E-state index in [1.165, 1.54) is 7.11 Å². The molecule has 0 radical (unpaired) electrons. The van der Waals surface area contributed by atoms with Crippen LogP contribution in [-0.2, 0) is 14.3 Å². The van der Waals surface area contributed by atoms with Gasteiger partial charge in [0.05, 0.1) is 18.7 Å². The molecule has 1 amide bonds. The molecule has 3 unspecified atom stereocenters. The van der Waals surface area contributed by atoms with Gasteiger partial charge in [0, 0.05) is 11.9 Å². The maximum Gasteiger partial charge on any atom is 0.309 e. The summed E-state index contributed by atoms with van der Waals surface area (Å²) in [6, 6.07) is 7.88. The summed E-state index contributed by atoms with van der Waals surface area (Å²) >= 11 is 1.58. The number of carbonyl (C=O) groups excluding carboxylic acids is 2. The zero-order chi connectivity index (χ0) is 15.9. The van der Waals surface area contributed by atoms with Crippen molar-refractivity contribution in [3.05, 3.63) is 36.9 Å². The number of carbonyl (C=O) groups is 2. The molecule has 1 saturated carbocycles. The molecule has 22 heavy (non-hydrogen) atoms. The largest absolute Gasteiger partial charge is 0.469 e. The number of nitrogens with zero attached hydrogens (tertiary/aromatic N) is 1. The van der Waals surface area contributed by atoms with E-state index in [9.17, 15) is 9.59 Å². The van der Waals surface area contributed by atoms with Crippen molar-refractivity contribution in [2.24, 2.45) is 11.8 Å². The van der Waals surface area contributed by atoms with Crippen molar-refractivity contribution in [2.45, 2.75) is 22.5 Å². The minimum Gasteiger partial charge on any atom is -0.469 e. The van der Waals surface area contributed by atoms with E-state index in [0.717, 1.165) is 10.6 Å². The van der Waals surface area contributed by atoms with Crippen LogP contribution in [0.4, 0.5) is 5.69 Å². The molecule has 116 valence electrons. The molecule has 0 saturated heterocycles. The Morgan fingerprint density at radius 2 is 2.18 bits per heavy atom. The molecule has 1 spiro atoms. The standard InChI is InChI=1S/C17H19NO3S/c1-4-11-9-17(10-12(11)15(19)21-3)16(20)18(2)13-7-5-6-8-14(13)22-17/h4-8,11-12H,1,9-10H2,2-3H3. The van der Waals surface area contributed by atoms with E-state index in [4.69, 9.17) is 4.74 Å². The van der Waals surface area contributed by atoms with Crippen molar-refractivity contribution in [1.82, 2.24) is 0 Å². The summed E-state index contributed by atoms with van der Waals surface area (Å²) in [7, 11) is 3.20. The molecule has 1 aliphatic heterocycles. The molecule has 1 heterocycles. The fourth-order valence-corrected chi connectivity index (χ4v) is 5.16. The first-order chi connectivity index (χ1) is 10.5. The number of anilines is 1. The first-order valence-electron chi connectivity index (χ1n) is 7.29. The summed E-state index contributed by atoms with van der Waals surface area (Å²) in [6.45, 7) is 3.83. The van der Waals surface area contributed by atoms with Crippen LogP contribution in [0.5, 0.6) is 0 Å². The highest BCUT2D eigenvalue weighted by atomic mass is 32.2. The molecule has 2 aliphatic rings. The first kappa shape index (κ1) is 15.2. The van der Waals surface area contributed by atoms with Crippen molar-refractivity contribution < 1.29 is 14.3 Å². The Kier molecular flexibility index (Phi) is 3.77. The Labute approximate surface area is 134 Å². The number of thioether (sulfide) groups is 1. The van der Waals surface area contributed by atoms with Gasteiger partial charge in [-0.3, -0.25) is 9.59 Å². The molecule has 0 aromatic heterocycles. The van der Waals surface area contributed by atoms with Crippen molar-refractivity contribution in [1.29, 1.82) is 0 Å². The molecule has 5 heteroatoms. The van der Waals surface area contributed by atoms with Crippen LogP contribution < -0.4 is 4.90 Å². The molecule has 0 bridgehead atoms. The van der Waals surface area contributed by atoms with Crippen molar-refractivity contribution in [3.8, 4) is 0 Å². The lowest BCUT2D eigenvalue weighted by Crippen LogP contribution is -2.47. The molecule has 3 rings (SSSR count). The molecular weight excluding hydrogens is 298 g/mol. The quantitative estimate of drug-likeness (QED) is 0.621. The molecule has 1 aromatic rings. The van der Waals surface area contributed by atoms with Gasteiger partial charge in [0.1, 0.15) is 4.75 Å². The fraction of sp³-hybridized carbons (Fsp3) is 0.412. The summed E-state index contributed by atoms with van der Waals surface area (Å²) in [5, 5.41) is 0. The summed E-state index contributed by atoms with van der Waals surface area (Å²) in [4.78, 5) is 27.8. The number of ether oxygens (including phenoxy) is 1. The lowest BCUT2D eigenvalue weighted by molar-refractivity contribution is -0.146. The van der Waals surface area contributed by atoms with Crippen LogP contribution >= 0.6 is 11.8 Å². The Bertz CT molecular complexity index is 645. The van der Waals surface area contributed by atoms with E-state index in [0.29, 0.717) is 12.8 Å². The molecule has 1 fully saturated rings. The third-order valence-corrected chi connectivity index (χ3v) is 6.13. The summed E-state index contributed by atoms with van der Waals surface area (Å²) in [5.41, 5.74) is 0.930. The highest BCUT2D eigenvalue weighted by Gasteiger charge is 2.55. The van der Waals surface area contributed by atoms with Gasteiger partial charge in [-0.25, -0.2) is 0 Å². The number of allylic oxidation sites excluding steroid dienone is 1. The molecule has 4 nitrogen and oxygen atoms in total. The average Bonchev–Trinajstić information content (AvgIpc) is 2.92. The minimum atomic E-state index is -0.596. The normalized spacial score (nSPS) is 30.3. The van der Waals surface area contributed by atoms with Crippen LogP contribution in [0, 0.1) is 11.8 Å². The number of para-hydroxylation sites is 1. The van der Waals surface area contributed by atoms with Crippen LogP contribution in [0.25, 0.3) is 0 Å². The van der Waals surface area contributed by atoms with Gasteiger partial charge in [-0.15, -0.1) is 18.3 Å². The van der Waals surface area contributed by atoms with E-state index in [1.807, 2.05) is 24.3 Å². The van der Waals surface area contributed by atoms with Crippen molar-refractivity contribution in [2.75, 3.05) is 19.1 Å². The number of hydrogen-bond acceptors (Lipinski definition) is 4. The van der Waals surface area contributed by atoms with Crippen LogP contribution in [0.3, 0.4) is 0 Å². The minimum absolute atomic E-state index is 0.0254. The van der Waals surface area contributed by atoms with Crippen LogP contribution in [0.1, 0.15) is 12.8 Å². The maximum absolute atomic E-state index is 12.9. The summed E-state index contributed by atoms with van der Waals surface area (Å²) < 4.78 is 4.31. The third-order valence-electron chi connectivity index (χ3n) is 4.66. The highest BCUT2D eigenvalue weighted by molar-refractivity contribution is 8.01. The second-order valence-corrected chi connectivity index (χ2v) is 7.29. The molecule has 3 atom stereocenters. The van der Waals surface area contributed by atoms with E-state index in [1.54, 1.807) is 29.8 Å². The summed E-state index contributed by atoms with van der Waals surface area (Å²) in [6.07, 6.45) is 2.90. The topological polar surface area (TPSA) is 46.6 Å². The fourth-order valence-electron chi connectivity index (χ4n) is 3.52. The smallest absolute Gasteiger partial charge is 0.309 e. The van der Waals surface area contributed by atoms with Gasteiger partial charge in [0.2, 0.25) is 5.91 Å². The average molecular weight is 317 g/mol. The monoisotopic (exact) mass is 317 g/mol. The Morgan fingerprint density at radius 1 is 1.45 bits per heavy atom. The second kappa shape index (κ2) is 5.47. The Hall–Kier alpha value is -1.75. The lowest BCUT2D eigenvalue weighted by Gasteiger charge is -2.38. The number of rotatable bonds is 2. The van der Waals surface area contributed by atoms with E-state index >= 15 is 0 Å². The number of methoxy groups -OCH3 is 1. The first-order valence-corrected chi connectivity index (χ1v) is 8.10. The Balaban J connectivity index is 1.99. The molecule has 1 aromatic carbocycles. The number of esters is 1. The van der Waals surface area contributed by atoms with Crippen LogP contribution in [0.2, 0.25) is 0 Å². The van der Waals surface area contributed by atoms with Crippen LogP contribution in [0.15, 0.2) is 41.8 Å². The zero-order valence-electron chi connectivity index (χ0n) is 12.7. The third kappa shape index (κ3) is 2.15. The maximum atomic E-state index is 12.9. The Morgan fingerprint density at radius 3 is 2.86 bits per heavy atom. The van der Waals surface area contributed by atoms with Crippen molar-refractivity contribution in [3.63, 3.8) is 0 Å². The molecule has 0 N–H and O–H groups in total. The lowest BCUT2D eigenvalue weighted by atomic mass is 9.97. The van der Waals surface area contributed by atoms with Gasteiger partial charge in [-0.2, -0.15) is 0 Å². The van der Waals surface area contributed by atoms with Gasteiger partial charge in [0.15, 0.2) is 0 Å². The van der Waals surface area contributed by atoms with Gasteiger partial charge in [-0.1, -0.05) is 18.2 Å². The SMILES string of the molecule is C=CC1CC2(CC1C(=O)OC)Sc1ccccc1N(C)C2=O. The van der Waals surface area contributed by atoms with Gasteiger partial charge in [0.25, 0.3) is 0 Å². The number of fused-ring (bicyclic) bond motifs is 1. The predicted octanol–water partition coefficient (Wildman–Crippen LogP) is 2.88. The highest BCUT2D eigenvalue weighted by Crippen LogP contribution is 2.56. The predicted molar refractivity (Wildman–Crippen MR) is 86.9 cm³/mol. The van der Waals surface area contributed by atoms with Crippen molar-refractivity contribution >= 4 is 29.3 Å². The van der Waals surface area contributed by atoms with Crippen LogP contribution in [-0.4, -0.2) is 30.8 Å². The number of hydrogen-bond donors (Lipinski definition) is 0. The van der Waals surface area contributed by atoms with E-state index in [-0.39, 0.29) is 23.7 Å². The number of amides is 1. The number of benzene rings is 1. The summed E-state index contributed by atoms with van der Waals surface area (Å²) in [5.74, 6) is -0.508. The van der Waals surface area contributed by atoms with Gasteiger partial charge in [-0.05, 0) is 30.9 Å². The van der Waals surface area contributed by atoms with Gasteiger partial charge < -0.3 is 9.64 Å².